The van der Waals surface area contributed by atoms with Gasteiger partial charge in [-0.1, -0.05) is 11.6 Å². The first-order chi connectivity index (χ1) is 9.24. The van der Waals surface area contributed by atoms with Crippen molar-refractivity contribution in [1.29, 1.82) is 0 Å². The van der Waals surface area contributed by atoms with Crippen LogP contribution in [0.15, 0.2) is 30.5 Å². The van der Waals surface area contributed by atoms with Crippen molar-refractivity contribution in [2.75, 3.05) is 18.5 Å². The Bertz CT molecular complexity index is 591. The standard InChI is InChI=1S/C14H15ClN2O2/c15-9-1-2-10-11(3-5-16-12(10)7-9)17-13-8-19-6-4-14(13)18/h1-3,5,7,13-14,18H,4,6,8H2,(H,16,17)/t13-,14-/m0/s1. The summed E-state index contributed by atoms with van der Waals surface area (Å²) in [5.41, 5.74) is 1.78. The third-order valence-corrected chi connectivity index (χ3v) is 3.60. The predicted octanol–water partition coefficient (Wildman–Crippen LogP) is 2.45. The van der Waals surface area contributed by atoms with Crippen molar-refractivity contribution >= 4 is 28.2 Å². The van der Waals surface area contributed by atoms with Crippen molar-refractivity contribution < 1.29 is 9.84 Å². The summed E-state index contributed by atoms with van der Waals surface area (Å²) < 4.78 is 5.40. The molecule has 1 aliphatic rings. The molecule has 2 heterocycles. The number of anilines is 1. The summed E-state index contributed by atoms with van der Waals surface area (Å²) in [6.07, 6.45) is 2.01. The van der Waals surface area contributed by atoms with Gasteiger partial charge in [-0.25, -0.2) is 0 Å². The van der Waals surface area contributed by atoms with Crippen LogP contribution in [-0.4, -0.2) is 35.5 Å². The Morgan fingerprint density at radius 3 is 3.11 bits per heavy atom. The average Bonchev–Trinajstić information content (AvgIpc) is 2.41. The Kier molecular flexibility index (Phi) is 3.55. The first-order valence-electron chi connectivity index (χ1n) is 6.30. The summed E-state index contributed by atoms with van der Waals surface area (Å²) in [6, 6.07) is 7.41. The van der Waals surface area contributed by atoms with Gasteiger partial charge in [-0.05, 0) is 30.7 Å². The van der Waals surface area contributed by atoms with E-state index in [1.807, 2.05) is 24.3 Å². The highest BCUT2D eigenvalue weighted by molar-refractivity contribution is 6.31. The molecule has 3 rings (SSSR count). The van der Waals surface area contributed by atoms with Crippen molar-refractivity contribution in [2.45, 2.75) is 18.6 Å². The number of aromatic nitrogens is 1. The zero-order chi connectivity index (χ0) is 13.2. The van der Waals surface area contributed by atoms with Gasteiger partial charge in [0.15, 0.2) is 0 Å². The fraction of sp³-hybridized carbons (Fsp3) is 0.357. The molecule has 100 valence electrons. The molecule has 1 aromatic carbocycles. The molecule has 19 heavy (non-hydrogen) atoms. The number of rotatable bonds is 2. The third-order valence-electron chi connectivity index (χ3n) is 3.37. The van der Waals surface area contributed by atoms with Gasteiger partial charge >= 0.3 is 0 Å². The number of benzene rings is 1. The van der Waals surface area contributed by atoms with E-state index in [1.165, 1.54) is 0 Å². The van der Waals surface area contributed by atoms with Crippen LogP contribution in [-0.2, 0) is 4.74 Å². The van der Waals surface area contributed by atoms with Crippen LogP contribution in [0.3, 0.4) is 0 Å². The Morgan fingerprint density at radius 1 is 1.37 bits per heavy atom. The summed E-state index contributed by atoms with van der Waals surface area (Å²) in [4.78, 5) is 4.30. The number of hydrogen-bond acceptors (Lipinski definition) is 4. The molecule has 0 bridgehead atoms. The maximum absolute atomic E-state index is 9.97. The Hall–Kier alpha value is -1.36. The zero-order valence-corrected chi connectivity index (χ0v) is 11.1. The Labute approximate surface area is 116 Å². The normalized spacial score (nSPS) is 23.5. The number of halogens is 1. The first kappa shape index (κ1) is 12.7. The van der Waals surface area contributed by atoms with Gasteiger partial charge in [-0.15, -0.1) is 0 Å². The molecule has 0 amide bonds. The maximum Gasteiger partial charge on any atom is 0.0785 e. The van der Waals surface area contributed by atoms with Gasteiger partial charge in [0.2, 0.25) is 0 Å². The molecule has 2 N–H and O–H groups in total. The number of fused-ring (bicyclic) bond motifs is 1. The summed E-state index contributed by atoms with van der Waals surface area (Å²) in [6.45, 7) is 1.13. The molecule has 0 radical (unpaired) electrons. The van der Waals surface area contributed by atoms with Crippen LogP contribution in [0, 0.1) is 0 Å². The number of pyridine rings is 1. The molecule has 1 fully saturated rings. The van der Waals surface area contributed by atoms with Crippen molar-refractivity contribution in [1.82, 2.24) is 4.98 Å². The quantitative estimate of drug-likeness (QED) is 0.886. The predicted molar refractivity (Wildman–Crippen MR) is 75.6 cm³/mol. The van der Waals surface area contributed by atoms with E-state index in [1.54, 1.807) is 6.20 Å². The van der Waals surface area contributed by atoms with Gasteiger partial charge in [0.25, 0.3) is 0 Å². The minimum absolute atomic E-state index is 0.0879. The Balaban J connectivity index is 1.92. The van der Waals surface area contributed by atoms with Crippen molar-refractivity contribution in [3.8, 4) is 0 Å². The number of nitrogens with one attached hydrogen (secondary N) is 1. The highest BCUT2D eigenvalue weighted by atomic mass is 35.5. The second kappa shape index (κ2) is 5.33. The van der Waals surface area contributed by atoms with Gasteiger partial charge in [-0.2, -0.15) is 0 Å². The second-order valence-corrected chi connectivity index (χ2v) is 5.14. The van der Waals surface area contributed by atoms with Crippen LogP contribution < -0.4 is 5.32 Å². The smallest absolute Gasteiger partial charge is 0.0785 e. The van der Waals surface area contributed by atoms with Crippen LogP contribution in [0.5, 0.6) is 0 Å². The van der Waals surface area contributed by atoms with E-state index in [-0.39, 0.29) is 12.1 Å². The third kappa shape index (κ3) is 2.66. The minimum Gasteiger partial charge on any atom is -0.391 e. The fourth-order valence-electron chi connectivity index (χ4n) is 2.31. The van der Waals surface area contributed by atoms with Gasteiger partial charge in [-0.3, -0.25) is 4.98 Å². The van der Waals surface area contributed by atoms with E-state index in [2.05, 4.69) is 10.3 Å². The molecule has 2 aromatic rings. The van der Waals surface area contributed by atoms with Crippen LogP contribution in [0.4, 0.5) is 5.69 Å². The molecule has 0 aliphatic carbocycles. The van der Waals surface area contributed by atoms with Crippen molar-refractivity contribution in [3.05, 3.63) is 35.5 Å². The lowest BCUT2D eigenvalue weighted by Gasteiger charge is -2.29. The van der Waals surface area contributed by atoms with Crippen LogP contribution >= 0.6 is 11.6 Å². The number of ether oxygens (including phenoxy) is 1. The van der Waals surface area contributed by atoms with E-state index in [0.717, 1.165) is 16.6 Å². The molecular weight excluding hydrogens is 264 g/mol. The highest BCUT2D eigenvalue weighted by Crippen LogP contribution is 2.26. The van der Waals surface area contributed by atoms with E-state index in [4.69, 9.17) is 16.3 Å². The Morgan fingerprint density at radius 2 is 2.26 bits per heavy atom. The van der Waals surface area contributed by atoms with Gasteiger partial charge < -0.3 is 15.2 Å². The molecule has 1 aliphatic heterocycles. The number of hydrogen-bond donors (Lipinski definition) is 2. The molecule has 1 aromatic heterocycles. The number of aliphatic hydroxyl groups excluding tert-OH is 1. The van der Waals surface area contributed by atoms with E-state index >= 15 is 0 Å². The van der Waals surface area contributed by atoms with Gasteiger partial charge in [0.1, 0.15) is 0 Å². The molecule has 0 unspecified atom stereocenters. The van der Waals surface area contributed by atoms with Crippen LogP contribution in [0.2, 0.25) is 5.02 Å². The lowest BCUT2D eigenvalue weighted by atomic mass is 10.1. The van der Waals surface area contributed by atoms with Crippen LogP contribution in [0.1, 0.15) is 6.42 Å². The molecule has 2 atom stereocenters. The monoisotopic (exact) mass is 278 g/mol. The van der Waals surface area contributed by atoms with Crippen molar-refractivity contribution in [3.63, 3.8) is 0 Å². The second-order valence-electron chi connectivity index (χ2n) is 4.70. The summed E-state index contributed by atoms with van der Waals surface area (Å²) in [5.74, 6) is 0. The van der Waals surface area contributed by atoms with Gasteiger partial charge in [0.05, 0.1) is 24.3 Å². The van der Waals surface area contributed by atoms with E-state index < -0.39 is 0 Å². The van der Waals surface area contributed by atoms with Gasteiger partial charge in [0, 0.05) is 28.9 Å². The summed E-state index contributed by atoms with van der Waals surface area (Å²) >= 11 is 5.97. The number of aliphatic hydroxyl groups is 1. The highest BCUT2D eigenvalue weighted by Gasteiger charge is 2.23. The molecular formula is C14H15ClN2O2. The number of nitrogens with zero attached hydrogens (tertiary/aromatic N) is 1. The zero-order valence-electron chi connectivity index (χ0n) is 10.3. The topological polar surface area (TPSA) is 54.4 Å². The average molecular weight is 279 g/mol. The SMILES string of the molecule is O[C@H]1CCOC[C@@H]1Nc1ccnc2cc(Cl)ccc12. The summed E-state index contributed by atoms with van der Waals surface area (Å²) in [5, 5.41) is 15.0. The van der Waals surface area contributed by atoms with Crippen LogP contribution in [0.25, 0.3) is 10.9 Å². The van der Waals surface area contributed by atoms with Crippen molar-refractivity contribution in [2.24, 2.45) is 0 Å². The molecule has 1 saturated heterocycles. The molecule has 0 saturated carbocycles. The molecule has 0 spiro atoms. The van der Waals surface area contributed by atoms with E-state index in [0.29, 0.717) is 24.7 Å². The molecule has 5 heteroatoms. The fourth-order valence-corrected chi connectivity index (χ4v) is 2.48. The lowest BCUT2D eigenvalue weighted by Crippen LogP contribution is -2.42. The minimum atomic E-state index is -0.385. The lowest BCUT2D eigenvalue weighted by molar-refractivity contribution is 0.00319. The largest absolute Gasteiger partial charge is 0.391 e. The van der Waals surface area contributed by atoms with E-state index in [9.17, 15) is 5.11 Å². The maximum atomic E-state index is 9.97. The molecule has 4 nitrogen and oxygen atoms in total. The first-order valence-corrected chi connectivity index (χ1v) is 6.68. The summed E-state index contributed by atoms with van der Waals surface area (Å²) in [7, 11) is 0.